The number of nitrogens with zero attached hydrogens (tertiary/aromatic N) is 1. The molecule has 0 radical (unpaired) electrons. The summed E-state index contributed by atoms with van der Waals surface area (Å²) >= 11 is 7.46. The zero-order chi connectivity index (χ0) is 15.5. The van der Waals surface area contributed by atoms with E-state index in [1.807, 2.05) is 5.38 Å². The minimum atomic E-state index is -0.263. The molecule has 0 atom stereocenters. The van der Waals surface area contributed by atoms with Crippen molar-refractivity contribution in [3.8, 4) is 17.0 Å². The van der Waals surface area contributed by atoms with Crippen LogP contribution in [0.15, 0.2) is 47.8 Å². The van der Waals surface area contributed by atoms with Gasteiger partial charge in [-0.25, -0.2) is 9.37 Å². The molecule has 0 aliphatic rings. The number of nitrogens with one attached hydrogen (secondary N) is 1. The van der Waals surface area contributed by atoms with Crippen molar-refractivity contribution < 1.29 is 9.13 Å². The summed E-state index contributed by atoms with van der Waals surface area (Å²) in [4.78, 5) is 4.50. The Morgan fingerprint density at radius 2 is 1.95 bits per heavy atom. The lowest BCUT2D eigenvalue weighted by Crippen LogP contribution is -1.94. The summed E-state index contributed by atoms with van der Waals surface area (Å²) in [6, 6.07) is 11.6. The number of hydrogen-bond acceptors (Lipinski definition) is 4. The third-order valence-electron chi connectivity index (χ3n) is 3.05. The van der Waals surface area contributed by atoms with E-state index in [1.54, 1.807) is 37.4 Å². The number of anilines is 2. The van der Waals surface area contributed by atoms with Crippen LogP contribution in [-0.4, -0.2) is 12.1 Å². The molecule has 0 aliphatic heterocycles. The van der Waals surface area contributed by atoms with Crippen molar-refractivity contribution in [3.63, 3.8) is 0 Å². The standard InChI is InChI=1S/C16H12ClFN2OS/c1-21-15-7-4-11(17)8-13(15)19-16-20-14(9-22-16)10-2-5-12(18)6-3-10/h2-9H,1H3,(H,19,20). The van der Waals surface area contributed by atoms with Crippen molar-refractivity contribution in [1.29, 1.82) is 0 Å². The van der Waals surface area contributed by atoms with Gasteiger partial charge in [0.1, 0.15) is 11.6 Å². The van der Waals surface area contributed by atoms with Gasteiger partial charge in [-0.3, -0.25) is 0 Å². The highest BCUT2D eigenvalue weighted by atomic mass is 35.5. The Morgan fingerprint density at radius 3 is 2.68 bits per heavy atom. The summed E-state index contributed by atoms with van der Waals surface area (Å²) in [7, 11) is 1.60. The van der Waals surface area contributed by atoms with E-state index in [1.165, 1.54) is 23.5 Å². The Kier molecular flexibility index (Phi) is 4.27. The highest BCUT2D eigenvalue weighted by Gasteiger charge is 2.08. The molecule has 3 rings (SSSR count). The predicted octanol–water partition coefficient (Wildman–Crippen LogP) is 5.35. The van der Waals surface area contributed by atoms with Crippen LogP contribution in [0.5, 0.6) is 5.75 Å². The molecule has 0 saturated heterocycles. The van der Waals surface area contributed by atoms with Crippen LogP contribution < -0.4 is 10.1 Å². The average molecular weight is 335 g/mol. The van der Waals surface area contributed by atoms with Crippen LogP contribution >= 0.6 is 22.9 Å². The van der Waals surface area contributed by atoms with Crippen molar-refractivity contribution in [2.45, 2.75) is 0 Å². The van der Waals surface area contributed by atoms with Crippen LogP contribution in [0.1, 0.15) is 0 Å². The van der Waals surface area contributed by atoms with E-state index < -0.39 is 0 Å². The molecular formula is C16H12ClFN2OS. The highest BCUT2D eigenvalue weighted by molar-refractivity contribution is 7.14. The largest absolute Gasteiger partial charge is 0.495 e. The van der Waals surface area contributed by atoms with E-state index in [0.29, 0.717) is 15.9 Å². The first-order valence-corrected chi connectivity index (χ1v) is 7.73. The van der Waals surface area contributed by atoms with Crippen molar-refractivity contribution in [2.24, 2.45) is 0 Å². The molecule has 3 aromatic rings. The molecule has 22 heavy (non-hydrogen) atoms. The minimum absolute atomic E-state index is 0.263. The molecule has 112 valence electrons. The van der Waals surface area contributed by atoms with E-state index in [2.05, 4.69) is 10.3 Å². The van der Waals surface area contributed by atoms with E-state index in [9.17, 15) is 4.39 Å². The molecule has 1 N–H and O–H groups in total. The number of benzene rings is 2. The quantitative estimate of drug-likeness (QED) is 0.698. The molecule has 0 saturated carbocycles. The van der Waals surface area contributed by atoms with Crippen molar-refractivity contribution >= 4 is 33.8 Å². The highest BCUT2D eigenvalue weighted by Crippen LogP contribution is 2.33. The summed E-state index contributed by atoms with van der Waals surface area (Å²) in [5, 5.41) is 6.42. The minimum Gasteiger partial charge on any atom is -0.495 e. The Bertz CT molecular complexity index is 789. The molecule has 0 aliphatic carbocycles. The Morgan fingerprint density at radius 1 is 1.18 bits per heavy atom. The van der Waals surface area contributed by atoms with Gasteiger partial charge in [-0.05, 0) is 42.5 Å². The Hall–Kier alpha value is -2.11. The third-order valence-corrected chi connectivity index (χ3v) is 4.04. The monoisotopic (exact) mass is 334 g/mol. The first-order valence-electron chi connectivity index (χ1n) is 6.48. The maximum absolute atomic E-state index is 13.0. The SMILES string of the molecule is COc1ccc(Cl)cc1Nc1nc(-c2ccc(F)cc2)cs1. The summed E-state index contributed by atoms with van der Waals surface area (Å²) in [6.45, 7) is 0. The fourth-order valence-electron chi connectivity index (χ4n) is 1.98. The number of hydrogen-bond donors (Lipinski definition) is 1. The second kappa shape index (κ2) is 6.34. The van der Waals surface area contributed by atoms with E-state index in [4.69, 9.17) is 16.3 Å². The molecule has 0 amide bonds. The fraction of sp³-hybridized carbons (Fsp3) is 0.0625. The lowest BCUT2D eigenvalue weighted by atomic mass is 10.2. The molecule has 2 aromatic carbocycles. The van der Waals surface area contributed by atoms with Crippen molar-refractivity contribution in [3.05, 3.63) is 58.7 Å². The second-order valence-electron chi connectivity index (χ2n) is 4.51. The van der Waals surface area contributed by atoms with Gasteiger partial charge in [-0.1, -0.05) is 11.6 Å². The molecule has 6 heteroatoms. The first-order chi connectivity index (χ1) is 10.7. The maximum atomic E-state index is 13.0. The van der Waals surface area contributed by atoms with Gasteiger partial charge in [0.05, 0.1) is 18.5 Å². The van der Waals surface area contributed by atoms with Crippen LogP contribution in [0, 0.1) is 5.82 Å². The van der Waals surface area contributed by atoms with Gasteiger partial charge in [-0.2, -0.15) is 0 Å². The van der Waals surface area contributed by atoms with Crippen LogP contribution in [0.2, 0.25) is 5.02 Å². The van der Waals surface area contributed by atoms with Gasteiger partial charge in [-0.15, -0.1) is 11.3 Å². The zero-order valence-corrected chi connectivity index (χ0v) is 13.2. The number of methoxy groups -OCH3 is 1. The number of rotatable bonds is 4. The number of thiazole rings is 1. The van der Waals surface area contributed by atoms with Crippen molar-refractivity contribution in [2.75, 3.05) is 12.4 Å². The average Bonchev–Trinajstić information content (AvgIpc) is 2.97. The van der Waals surface area contributed by atoms with Gasteiger partial charge < -0.3 is 10.1 Å². The molecule has 0 bridgehead atoms. The van der Waals surface area contributed by atoms with Gasteiger partial charge in [0.15, 0.2) is 5.13 Å². The third kappa shape index (κ3) is 3.21. The number of halogens is 2. The Balaban J connectivity index is 1.85. The molecule has 1 heterocycles. The van der Waals surface area contributed by atoms with Gasteiger partial charge in [0.2, 0.25) is 0 Å². The number of aromatic nitrogens is 1. The molecule has 0 spiro atoms. The molecular weight excluding hydrogens is 323 g/mol. The van der Waals surface area contributed by atoms with Gasteiger partial charge in [0.25, 0.3) is 0 Å². The number of ether oxygens (including phenoxy) is 1. The summed E-state index contributed by atoms with van der Waals surface area (Å²) in [5.41, 5.74) is 2.40. The van der Waals surface area contributed by atoms with Gasteiger partial charge in [0, 0.05) is 16.0 Å². The van der Waals surface area contributed by atoms with Crippen molar-refractivity contribution in [1.82, 2.24) is 4.98 Å². The summed E-state index contributed by atoms with van der Waals surface area (Å²) in [5.74, 6) is 0.420. The first kappa shape index (κ1) is 14.8. The molecule has 1 aromatic heterocycles. The fourth-order valence-corrected chi connectivity index (χ4v) is 2.88. The van der Waals surface area contributed by atoms with E-state index in [0.717, 1.165) is 16.9 Å². The normalized spacial score (nSPS) is 10.5. The lowest BCUT2D eigenvalue weighted by Gasteiger charge is -2.09. The Labute approximate surface area is 136 Å². The van der Waals surface area contributed by atoms with Gasteiger partial charge >= 0.3 is 0 Å². The summed E-state index contributed by atoms with van der Waals surface area (Å²) < 4.78 is 18.3. The predicted molar refractivity (Wildman–Crippen MR) is 88.8 cm³/mol. The molecule has 3 nitrogen and oxygen atoms in total. The zero-order valence-electron chi connectivity index (χ0n) is 11.6. The lowest BCUT2D eigenvalue weighted by molar-refractivity contribution is 0.417. The van der Waals surface area contributed by atoms with E-state index >= 15 is 0 Å². The smallest absolute Gasteiger partial charge is 0.187 e. The van der Waals surface area contributed by atoms with Crippen LogP contribution in [0.3, 0.4) is 0 Å². The molecule has 0 unspecified atom stereocenters. The van der Waals surface area contributed by atoms with E-state index in [-0.39, 0.29) is 5.82 Å². The summed E-state index contributed by atoms with van der Waals surface area (Å²) in [6.07, 6.45) is 0. The topological polar surface area (TPSA) is 34.1 Å². The van der Waals surface area contributed by atoms with Crippen LogP contribution in [-0.2, 0) is 0 Å². The molecule has 0 fully saturated rings. The van der Waals surface area contributed by atoms with Crippen LogP contribution in [0.25, 0.3) is 11.3 Å². The van der Waals surface area contributed by atoms with Crippen LogP contribution in [0.4, 0.5) is 15.2 Å². The maximum Gasteiger partial charge on any atom is 0.187 e. The second-order valence-corrected chi connectivity index (χ2v) is 5.81.